The third-order valence-corrected chi connectivity index (χ3v) is 2.91. The molecule has 0 saturated carbocycles. The monoisotopic (exact) mass is 239 g/mol. The molecule has 5 nitrogen and oxygen atoms in total. The second-order valence-electron chi connectivity index (χ2n) is 4.72. The third kappa shape index (κ3) is 3.36. The molecule has 0 atom stereocenters. The number of hydrogen-bond donors (Lipinski definition) is 1. The highest BCUT2D eigenvalue weighted by Crippen LogP contribution is 2.25. The smallest absolute Gasteiger partial charge is 0.150 e. The maximum absolute atomic E-state index is 6.08. The summed E-state index contributed by atoms with van der Waals surface area (Å²) >= 11 is 0. The van der Waals surface area contributed by atoms with Crippen molar-refractivity contribution in [1.29, 1.82) is 0 Å². The van der Waals surface area contributed by atoms with Gasteiger partial charge in [0.25, 0.3) is 0 Å². The number of hydrogen-bond acceptors (Lipinski definition) is 4. The van der Waals surface area contributed by atoms with E-state index in [1.807, 2.05) is 11.6 Å². The Balaban J connectivity index is 2.70. The molecule has 0 spiro atoms. The highest BCUT2D eigenvalue weighted by molar-refractivity contribution is 5.65. The van der Waals surface area contributed by atoms with Crippen LogP contribution in [0.1, 0.15) is 19.0 Å². The number of aryl methyl sites for hydroxylation is 2. The minimum absolute atomic E-state index is 0.805. The molecule has 0 radical (unpaired) electrons. The van der Waals surface area contributed by atoms with Crippen LogP contribution < -0.4 is 10.6 Å². The molecule has 1 heterocycles. The zero-order chi connectivity index (χ0) is 13.0. The number of rotatable bonds is 6. The van der Waals surface area contributed by atoms with Crippen molar-refractivity contribution in [3.8, 4) is 0 Å². The van der Waals surface area contributed by atoms with Crippen LogP contribution in [0.2, 0.25) is 0 Å². The maximum Gasteiger partial charge on any atom is 0.150 e. The van der Waals surface area contributed by atoms with Crippen molar-refractivity contribution in [2.24, 2.45) is 0 Å². The van der Waals surface area contributed by atoms with E-state index >= 15 is 0 Å². The molecule has 1 aromatic heterocycles. The zero-order valence-corrected chi connectivity index (χ0v) is 11.7. The van der Waals surface area contributed by atoms with E-state index in [0.29, 0.717) is 0 Å². The van der Waals surface area contributed by atoms with Crippen LogP contribution in [0.5, 0.6) is 0 Å². The molecule has 98 valence electrons. The molecular formula is C12H25N5. The van der Waals surface area contributed by atoms with Crippen LogP contribution in [0.25, 0.3) is 0 Å². The molecule has 0 aliphatic rings. The quantitative estimate of drug-likeness (QED) is 0.810. The van der Waals surface area contributed by atoms with Crippen molar-refractivity contribution >= 4 is 11.5 Å². The Bertz CT molecular complexity index is 356. The number of aromatic nitrogens is 2. The summed E-state index contributed by atoms with van der Waals surface area (Å²) in [4.78, 5) is 4.39. The van der Waals surface area contributed by atoms with E-state index in [0.717, 1.165) is 43.3 Å². The molecule has 2 N–H and O–H groups in total. The first-order valence-electron chi connectivity index (χ1n) is 6.16. The molecule has 0 aliphatic carbocycles. The van der Waals surface area contributed by atoms with Crippen molar-refractivity contribution in [2.45, 2.75) is 26.8 Å². The Morgan fingerprint density at radius 1 is 1.24 bits per heavy atom. The van der Waals surface area contributed by atoms with Gasteiger partial charge in [-0.3, -0.25) is 0 Å². The lowest BCUT2D eigenvalue weighted by molar-refractivity contribution is 0.401. The lowest BCUT2D eigenvalue weighted by atomic mass is 10.3. The summed E-state index contributed by atoms with van der Waals surface area (Å²) in [5.74, 6) is 1.05. The highest BCUT2D eigenvalue weighted by Gasteiger charge is 2.15. The lowest BCUT2D eigenvalue weighted by Crippen LogP contribution is -2.26. The Morgan fingerprint density at radius 2 is 1.88 bits per heavy atom. The molecule has 17 heavy (non-hydrogen) atoms. The fourth-order valence-corrected chi connectivity index (χ4v) is 1.94. The first-order chi connectivity index (χ1) is 7.97. The Morgan fingerprint density at radius 3 is 2.41 bits per heavy atom. The third-order valence-electron chi connectivity index (χ3n) is 2.91. The van der Waals surface area contributed by atoms with Gasteiger partial charge in [0, 0.05) is 20.1 Å². The highest BCUT2D eigenvalue weighted by atomic mass is 15.4. The summed E-state index contributed by atoms with van der Waals surface area (Å²) in [7, 11) is 6.26. The Labute approximate surface area is 104 Å². The van der Waals surface area contributed by atoms with E-state index in [4.69, 9.17) is 5.73 Å². The van der Waals surface area contributed by atoms with E-state index in [1.165, 1.54) is 0 Å². The van der Waals surface area contributed by atoms with Crippen molar-refractivity contribution in [3.63, 3.8) is 0 Å². The van der Waals surface area contributed by atoms with Crippen molar-refractivity contribution in [3.05, 3.63) is 5.69 Å². The second kappa shape index (κ2) is 5.91. The van der Waals surface area contributed by atoms with E-state index < -0.39 is 0 Å². The zero-order valence-electron chi connectivity index (χ0n) is 11.7. The van der Waals surface area contributed by atoms with Gasteiger partial charge in [-0.2, -0.15) is 5.10 Å². The summed E-state index contributed by atoms with van der Waals surface area (Å²) in [5, 5.41) is 4.43. The molecule has 0 fully saturated rings. The van der Waals surface area contributed by atoms with Gasteiger partial charge in [0.15, 0.2) is 0 Å². The van der Waals surface area contributed by atoms with Gasteiger partial charge < -0.3 is 15.5 Å². The number of nitrogens with two attached hydrogens (primary N) is 1. The van der Waals surface area contributed by atoms with E-state index in [9.17, 15) is 0 Å². The minimum atomic E-state index is 0.805. The molecule has 0 aromatic carbocycles. The summed E-state index contributed by atoms with van der Waals surface area (Å²) in [6, 6.07) is 0. The average molecular weight is 239 g/mol. The standard InChI is InChI=1S/C12H25N5/c1-6-17-12(11(13)10(2)14-17)16(5)9-7-8-15(3)4/h6-9,13H2,1-5H3. The molecule has 0 amide bonds. The summed E-state index contributed by atoms with van der Waals surface area (Å²) in [6.45, 7) is 6.98. The number of anilines is 2. The normalized spacial score (nSPS) is 11.2. The summed E-state index contributed by atoms with van der Waals surface area (Å²) < 4.78 is 1.97. The summed E-state index contributed by atoms with van der Waals surface area (Å²) in [6.07, 6.45) is 1.12. The maximum atomic E-state index is 6.08. The summed E-state index contributed by atoms with van der Waals surface area (Å²) in [5.41, 5.74) is 7.80. The molecule has 1 rings (SSSR count). The molecule has 5 heteroatoms. The van der Waals surface area contributed by atoms with Gasteiger partial charge in [-0.25, -0.2) is 4.68 Å². The predicted molar refractivity (Wildman–Crippen MR) is 73.5 cm³/mol. The molecule has 0 bridgehead atoms. The van der Waals surface area contributed by atoms with Crippen LogP contribution in [0.3, 0.4) is 0 Å². The van der Waals surface area contributed by atoms with Crippen molar-refractivity contribution in [1.82, 2.24) is 14.7 Å². The molecule has 1 aromatic rings. The van der Waals surface area contributed by atoms with Gasteiger partial charge in [-0.05, 0) is 40.9 Å². The second-order valence-corrected chi connectivity index (χ2v) is 4.72. The molecular weight excluding hydrogens is 214 g/mol. The largest absolute Gasteiger partial charge is 0.394 e. The van der Waals surface area contributed by atoms with Gasteiger partial charge >= 0.3 is 0 Å². The Kier molecular flexibility index (Phi) is 4.81. The van der Waals surface area contributed by atoms with Crippen LogP contribution >= 0.6 is 0 Å². The minimum Gasteiger partial charge on any atom is -0.394 e. The van der Waals surface area contributed by atoms with Crippen LogP contribution in [0.4, 0.5) is 11.5 Å². The fraction of sp³-hybridized carbons (Fsp3) is 0.750. The molecule has 0 saturated heterocycles. The van der Waals surface area contributed by atoms with Crippen molar-refractivity contribution in [2.75, 3.05) is 44.9 Å². The number of nitrogens with zero attached hydrogens (tertiary/aromatic N) is 4. The fourth-order valence-electron chi connectivity index (χ4n) is 1.94. The van der Waals surface area contributed by atoms with Gasteiger partial charge in [-0.15, -0.1) is 0 Å². The van der Waals surface area contributed by atoms with Crippen molar-refractivity contribution < 1.29 is 0 Å². The van der Waals surface area contributed by atoms with Crippen LogP contribution in [0.15, 0.2) is 0 Å². The van der Waals surface area contributed by atoms with Crippen LogP contribution in [0, 0.1) is 6.92 Å². The van der Waals surface area contributed by atoms with Gasteiger partial charge in [0.1, 0.15) is 5.82 Å². The Hall–Kier alpha value is -1.23. The SMILES string of the molecule is CCn1nc(C)c(N)c1N(C)CCCN(C)C. The molecule has 0 aliphatic heterocycles. The lowest BCUT2D eigenvalue weighted by Gasteiger charge is -2.21. The van der Waals surface area contributed by atoms with Gasteiger partial charge in [0.2, 0.25) is 0 Å². The van der Waals surface area contributed by atoms with Crippen LogP contribution in [-0.2, 0) is 6.54 Å². The van der Waals surface area contributed by atoms with Crippen LogP contribution in [-0.4, -0.2) is 48.9 Å². The van der Waals surface area contributed by atoms with Gasteiger partial charge in [0.05, 0.1) is 11.4 Å². The molecule has 0 unspecified atom stereocenters. The number of nitrogen functional groups attached to an aromatic ring is 1. The average Bonchev–Trinajstić information content (AvgIpc) is 2.54. The first-order valence-corrected chi connectivity index (χ1v) is 6.16. The van der Waals surface area contributed by atoms with E-state index in [2.05, 4.69) is 43.0 Å². The topological polar surface area (TPSA) is 50.3 Å². The van der Waals surface area contributed by atoms with E-state index in [1.54, 1.807) is 0 Å². The first kappa shape index (κ1) is 13.8. The van der Waals surface area contributed by atoms with E-state index in [-0.39, 0.29) is 0 Å². The van der Waals surface area contributed by atoms with Gasteiger partial charge in [-0.1, -0.05) is 0 Å². The predicted octanol–water partition coefficient (Wildman–Crippen LogP) is 1.18.